The van der Waals surface area contributed by atoms with Crippen molar-refractivity contribution in [3.8, 4) is 28.3 Å². The van der Waals surface area contributed by atoms with Crippen LogP contribution in [0.2, 0.25) is 0 Å². The number of hydrogen-bond acceptors (Lipinski definition) is 5. The first-order chi connectivity index (χ1) is 18.3. The number of nitrogens with zero attached hydrogens (tertiary/aromatic N) is 6. The Morgan fingerprint density at radius 1 is 0.974 bits per heavy atom. The molecule has 4 heterocycles. The van der Waals surface area contributed by atoms with Crippen LogP contribution in [0.1, 0.15) is 25.3 Å². The van der Waals surface area contributed by atoms with Crippen molar-refractivity contribution in [1.29, 1.82) is 0 Å². The number of aryl methyl sites for hydroxylation is 1. The molecule has 4 aromatic heterocycles. The van der Waals surface area contributed by atoms with Crippen LogP contribution in [0.25, 0.3) is 44.9 Å². The van der Waals surface area contributed by atoms with Gasteiger partial charge in [0, 0.05) is 30.5 Å². The molecule has 1 aliphatic carbocycles. The number of imidazole rings is 1. The van der Waals surface area contributed by atoms with Crippen LogP contribution in [0.3, 0.4) is 0 Å². The smallest absolute Gasteiger partial charge is 0.334 e. The van der Waals surface area contributed by atoms with Crippen LogP contribution in [0.5, 0.6) is 0 Å². The SMILES string of the molecule is Cn1cnc(-c2nn(-c3ccc(C4(N)CC(C)(O)C4)cc3)c3c4cc(-c5ccccc5)cnc4cc[n+]23)c1. The summed E-state index contributed by atoms with van der Waals surface area (Å²) in [5, 5.41) is 16.3. The lowest BCUT2D eigenvalue weighted by Gasteiger charge is -2.49. The van der Waals surface area contributed by atoms with Crippen LogP contribution in [-0.4, -0.2) is 35.0 Å². The van der Waals surface area contributed by atoms with Crippen molar-refractivity contribution in [3.05, 3.63) is 97.2 Å². The van der Waals surface area contributed by atoms with E-state index >= 15 is 0 Å². The third-order valence-electron chi connectivity index (χ3n) is 7.51. The maximum Gasteiger partial charge on any atom is 0.334 e. The number of fused-ring (bicyclic) bond motifs is 3. The highest BCUT2D eigenvalue weighted by Crippen LogP contribution is 2.46. The summed E-state index contributed by atoms with van der Waals surface area (Å²) < 4.78 is 5.94. The first kappa shape index (κ1) is 22.8. The summed E-state index contributed by atoms with van der Waals surface area (Å²) in [6.07, 6.45) is 8.74. The fourth-order valence-electron chi connectivity index (χ4n) is 5.83. The Kier molecular flexibility index (Phi) is 4.82. The molecule has 188 valence electrons. The van der Waals surface area contributed by atoms with Crippen LogP contribution in [0.4, 0.5) is 0 Å². The molecule has 8 nitrogen and oxygen atoms in total. The second kappa shape index (κ2) is 8.05. The molecule has 0 unspecified atom stereocenters. The number of rotatable bonds is 4. The molecule has 0 bridgehead atoms. The van der Waals surface area contributed by atoms with Crippen LogP contribution >= 0.6 is 0 Å². The molecule has 1 saturated carbocycles. The Hall–Kier alpha value is -4.40. The van der Waals surface area contributed by atoms with Crippen molar-refractivity contribution >= 4 is 16.6 Å². The number of aliphatic hydroxyl groups is 1. The van der Waals surface area contributed by atoms with Gasteiger partial charge in [-0.1, -0.05) is 47.1 Å². The first-order valence-electron chi connectivity index (χ1n) is 12.7. The quantitative estimate of drug-likeness (QED) is 0.356. The Balaban J connectivity index is 1.44. The fourth-order valence-corrected chi connectivity index (χ4v) is 5.83. The summed E-state index contributed by atoms with van der Waals surface area (Å²) in [5.41, 5.74) is 12.0. The minimum atomic E-state index is -0.706. The highest BCUT2D eigenvalue weighted by molar-refractivity contribution is 5.93. The summed E-state index contributed by atoms with van der Waals surface area (Å²) in [6.45, 7) is 1.83. The van der Waals surface area contributed by atoms with E-state index in [2.05, 4.69) is 27.6 Å². The average molecular weight is 503 g/mol. The van der Waals surface area contributed by atoms with E-state index in [0.29, 0.717) is 12.8 Å². The van der Waals surface area contributed by atoms with E-state index in [0.717, 1.165) is 50.4 Å². The molecule has 1 aliphatic rings. The Morgan fingerprint density at radius 3 is 2.42 bits per heavy atom. The van der Waals surface area contributed by atoms with Crippen molar-refractivity contribution in [2.45, 2.75) is 30.9 Å². The second-order valence-corrected chi connectivity index (χ2v) is 10.7. The number of benzene rings is 2. The van der Waals surface area contributed by atoms with Crippen molar-refractivity contribution in [2.75, 3.05) is 0 Å². The van der Waals surface area contributed by atoms with Gasteiger partial charge in [-0.05, 0) is 55.2 Å². The number of hydrogen-bond donors (Lipinski definition) is 2. The van der Waals surface area contributed by atoms with Crippen molar-refractivity contribution < 1.29 is 9.51 Å². The van der Waals surface area contributed by atoms with Gasteiger partial charge in [0.15, 0.2) is 5.69 Å². The molecule has 0 aliphatic heterocycles. The van der Waals surface area contributed by atoms with Gasteiger partial charge < -0.3 is 15.4 Å². The lowest BCUT2D eigenvalue weighted by atomic mass is 9.63. The molecule has 2 aromatic carbocycles. The molecular formula is C30H28N7O+. The maximum absolute atomic E-state index is 10.3. The molecular weight excluding hydrogens is 474 g/mol. The molecule has 6 aromatic rings. The minimum absolute atomic E-state index is 0.511. The van der Waals surface area contributed by atoms with E-state index in [-0.39, 0.29) is 0 Å². The zero-order valence-corrected chi connectivity index (χ0v) is 21.3. The molecule has 1 fully saturated rings. The number of pyridine rings is 2. The fraction of sp³-hybridized carbons (Fsp3) is 0.200. The van der Waals surface area contributed by atoms with E-state index in [1.807, 2.05) is 90.3 Å². The Morgan fingerprint density at radius 2 is 1.74 bits per heavy atom. The molecule has 0 atom stereocenters. The molecule has 0 spiro atoms. The third kappa shape index (κ3) is 3.60. The van der Waals surface area contributed by atoms with Crippen molar-refractivity contribution in [1.82, 2.24) is 24.3 Å². The van der Waals surface area contributed by atoms with E-state index in [1.54, 1.807) is 6.33 Å². The van der Waals surface area contributed by atoms with Crippen LogP contribution in [0, 0.1) is 0 Å². The molecule has 0 amide bonds. The van der Waals surface area contributed by atoms with Gasteiger partial charge in [0.2, 0.25) is 0 Å². The lowest BCUT2D eigenvalue weighted by Crippen LogP contribution is -2.58. The standard InChI is InChI=1S/C30H28N7O/c1-29(38)17-30(31,18-29)22-8-10-23(11-9-22)37-28-24-14-21(20-6-4-3-5-7-20)15-32-25(24)12-13-36(28)27(34-37)26-16-35(2)19-33-26/h3-16,19,38H,17-18,31H2,1-2H3/q+1. The van der Waals surface area contributed by atoms with Gasteiger partial charge in [-0.3, -0.25) is 4.98 Å². The predicted molar refractivity (Wildman–Crippen MR) is 145 cm³/mol. The number of nitrogens with two attached hydrogens (primary N) is 1. The molecule has 0 radical (unpaired) electrons. The van der Waals surface area contributed by atoms with Crippen molar-refractivity contribution in [2.24, 2.45) is 12.8 Å². The molecule has 3 N–H and O–H groups in total. The first-order valence-corrected chi connectivity index (χ1v) is 12.7. The van der Waals surface area contributed by atoms with Gasteiger partial charge in [0.05, 0.1) is 34.1 Å². The average Bonchev–Trinajstić information content (AvgIpc) is 3.51. The van der Waals surface area contributed by atoms with Crippen LogP contribution in [-0.2, 0) is 12.6 Å². The molecule has 8 heteroatoms. The van der Waals surface area contributed by atoms with Gasteiger partial charge in [0.1, 0.15) is 5.69 Å². The van der Waals surface area contributed by atoms with Crippen molar-refractivity contribution in [3.63, 3.8) is 0 Å². The number of aromatic nitrogens is 6. The van der Waals surface area contributed by atoms with E-state index < -0.39 is 11.1 Å². The highest BCUT2D eigenvalue weighted by atomic mass is 16.3. The van der Waals surface area contributed by atoms with Crippen LogP contribution in [0.15, 0.2) is 91.6 Å². The van der Waals surface area contributed by atoms with Gasteiger partial charge >= 0.3 is 5.82 Å². The van der Waals surface area contributed by atoms with E-state index in [1.165, 1.54) is 0 Å². The summed E-state index contributed by atoms with van der Waals surface area (Å²) in [5.74, 6) is 0.738. The zero-order chi connectivity index (χ0) is 26.1. The van der Waals surface area contributed by atoms with Gasteiger partial charge in [-0.25, -0.2) is 4.98 Å². The predicted octanol–water partition coefficient (Wildman–Crippen LogP) is 3.93. The van der Waals surface area contributed by atoms with Gasteiger partial charge in [0.25, 0.3) is 5.65 Å². The zero-order valence-electron chi connectivity index (χ0n) is 21.3. The van der Waals surface area contributed by atoms with Gasteiger partial charge in [-0.2, -0.15) is 4.40 Å². The minimum Gasteiger partial charge on any atom is -0.390 e. The highest BCUT2D eigenvalue weighted by Gasteiger charge is 2.49. The Labute approximate surface area is 219 Å². The topological polar surface area (TPSA) is 98.9 Å². The van der Waals surface area contributed by atoms with Gasteiger partial charge in [-0.15, -0.1) is 0 Å². The lowest BCUT2D eigenvalue weighted by molar-refractivity contribution is -0.498. The Bertz CT molecular complexity index is 1810. The van der Waals surface area contributed by atoms with E-state index in [9.17, 15) is 5.11 Å². The van der Waals surface area contributed by atoms with Crippen LogP contribution < -0.4 is 10.1 Å². The largest absolute Gasteiger partial charge is 0.390 e. The summed E-state index contributed by atoms with van der Waals surface area (Å²) in [7, 11) is 1.95. The normalized spacial score (nSPS) is 21.2. The molecule has 38 heavy (non-hydrogen) atoms. The maximum atomic E-state index is 10.3. The monoisotopic (exact) mass is 502 g/mol. The summed E-state index contributed by atoms with van der Waals surface area (Å²) in [4.78, 5) is 9.37. The van der Waals surface area contributed by atoms with E-state index in [4.69, 9.17) is 15.8 Å². The molecule has 7 rings (SSSR count). The second-order valence-electron chi connectivity index (χ2n) is 10.7. The molecule has 0 saturated heterocycles. The third-order valence-corrected chi connectivity index (χ3v) is 7.51. The summed E-state index contributed by atoms with van der Waals surface area (Å²) in [6, 6.07) is 22.6. The summed E-state index contributed by atoms with van der Waals surface area (Å²) >= 11 is 0.